The molecule has 0 fully saturated rings. The van der Waals surface area contributed by atoms with Crippen molar-refractivity contribution in [3.8, 4) is 0 Å². The van der Waals surface area contributed by atoms with Gasteiger partial charge in [0.1, 0.15) is 0 Å². The summed E-state index contributed by atoms with van der Waals surface area (Å²) in [5, 5.41) is 3.46. The molecule has 0 aromatic heterocycles. The van der Waals surface area contributed by atoms with E-state index in [0.29, 0.717) is 23.8 Å². The first-order valence-electron chi connectivity index (χ1n) is 7.28. The fraction of sp³-hybridized carbons (Fsp3) is 0.647. The Kier molecular flexibility index (Phi) is 5.87. The predicted octanol–water partition coefficient (Wildman–Crippen LogP) is 4.75. The van der Waals surface area contributed by atoms with Crippen LogP contribution in [0.1, 0.15) is 64.1 Å². The summed E-state index contributed by atoms with van der Waals surface area (Å²) in [7, 11) is 2.06. The average molecular weight is 247 g/mol. The highest BCUT2D eigenvalue weighted by molar-refractivity contribution is 5.27. The molecular formula is C17H29N. The van der Waals surface area contributed by atoms with E-state index in [1.165, 1.54) is 17.5 Å². The van der Waals surface area contributed by atoms with Crippen molar-refractivity contribution in [2.45, 2.75) is 53.0 Å². The minimum absolute atomic E-state index is 0.455. The van der Waals surface area contributed by atoms with Crippen LogP contribution < -0.4 is 5.32 Å². The van der Waals surface area contributed by atoms with Crippen LogP contribution in [0.3, 0.4) is 0 Å². The van der Waals surface area contributed by atoms with Crippen LogP contribution in [0.25, 0.3) is 0 Å². The Morgan fingerprint density at radius 1 is 0.944 bits per heavy atom. The van der Waals surface area contributed by atoms with E-state index in [2.05, 4.69) is 71.2 Å². The lowest BCUT2D eigenvalue weighted by molar-refractivity contribution is 0.317. The molecule has 0 saturated heterocycles. The van der Waals surface area contributed by atoms with Crippen molar-refractivity contribution < 1.29 is 0 Å². The first-order valence-corrected chi connectivity index (χ1v) is 7.28. The quantitative estimate of drug-likeness (QED) is 0.764. The second-order valence-corrected chi connectivity index (χ2v) is 5.85. The van der Waals surface area contributed by atoms with Gasteiger partial charge in [0, 0.05) is 6.04 Å². The molecule has 1 aromatic rings. The molecule has 0 radical (unpaired) electrons. The number of hydrogen-bond donors (Lipinski definition) is 1. The normalized spacial score (nSPS) is 16.6. The van der Waals surface area contributed by atoms with E-state index >= 15 is 0 Å². The van der Waals surface area contributed by atoms with Crippen molar-refractivity contribution in [1.29, 1.82) is 0 Å². The molecule has 0 spiro atoms. The van der Waals surface area contributed by atoms with E-state index in [9.17, 15) is 0 Å². The SMILES string of the molecule is CCC(C)c1ccc(C(NC)C(C)C(C)C)cc1. The van der Waals surface area contributed by atoms with Crippen molar-refractivity contribution in [1.82, 2.24) is 5.32 Å². The zero-order valence-electron chi connectivity index (χ0n) is 12.8. The molecule has 1 heteroatoms. The molecule has 0 aliphatic carbocycles. The summed E-state index contributed by atoms with van der Waals surface area (Å²) < 4.78 is 0. The van der Waals surface area contributed by atoms with E-state index in [1.807, 2.05) is 0 Å². The zero-order chi connectivity index (χ0) is 13.7. The van der Waals surface area contributed by atoms with E-state index in [1.54, 1.807) is 0 Å². The van der Waals surface area contributed by atoms with Gasteiger partial charge in [-0.1, -0.05) is 58.9 Å². The fourth-order valence-electron chi connectivity index (χ4n) is 2.39. The third kappa shape index (κ3) is 3.58. The summed E-state index contributed by atoms with van der Waals surface area (Å²) in [6, 6.07) is 9.63. The Labute approximate surface area is 113 Å². The molecule has 18 heavy (non-hydrogen) atoms. The van der Waals surface area contributed by atoms with Gasteiger partial charge < -0.3 is 5.32 Å². The third-order valence-corrected chi connectivity index (χ3v) is 4.37. The molecule has 102 valence electrons. The lowest BCUT2D eigenvalue weighted by atomic mass is 9.85. The highest BCUT2D eigenvalue weighted by atomic mass is 14.9. The molecule has 1 aromatic carbocycles. The van der Waals surface area contributed by atoms with Gasteiger partial charge in [0.25, 0.3) is 0 Å². The minimum atomic E-state index is 0.455. The van der Waals surface area contributed by atoms with Gasteiger partial charge in [0.2, 0.25) is 0 Å². The number of rotatable bonds is 6. The number of benzene rings is 1. The molecule has 3 unspecified atom stereocenters. The molecule has 0 bridgehead atoms. The molecule has 1 N–H and O–H groups in total. The average Bonchev–Trinajstić information content (AvgIpc) is 2.39. The minimum Gasteiger partial charge on any atom is -0.313 e. The first kappa shape index (κ1) is 15.2. The van der Waals surface area contributed by atoms with Crippen LogP contribution in [-0.2, 0) is 0 Å². The molecule has 1 nitrogen and oxygen atoms in total. The predicted molar refractivity (Wildman–Crippen MR) is 81.0 cm³/mol. The molecule has 3 atom stereocenters. The summed E-state index contributed by atoms with van der Waals surface area (Å²) in [6.45, 7) is 11.5. The fourth-order valence-corrected chi connectivity index (χ4v) is 2.39. The smallest absolute Gasteiger partial charge is 0.0345 e. The molecular weight excluding hydrogens is 218 g/mol. The summed E-state index contributed by atoms with van der Waals surface area (Å²) in [6.07, 6.45) is 1.21. The maximum absolute atomic E-state index is 3.46. The number of nitrogens with one attached hydrogen (secondary N) is 1. The monoisotopic (exact) mass is 247 g/mol. The Balaban J connectivity index is 2.88. The van der Waals surface area contributed by atoms with E-state index in [4.69, 9.17) is 0 Å². The van der Waals surface area contributed by atoms with Crippen LogP contribution >= 0.6 is 0 Å². The van der Waals surface area contributed by atoms with Crippen molar-refractivity contribution in [3.05, 3.63) is 35.4 Å². The largest absolute Gasteiger partial charge is 0.313 e. The summed E-state index contributed by atoms with van der Waals surface area (Å²) in [4.78, 5) is 0. The van der Waals surface area contributed by atoms with Gasteiger partial charge in [0.15, 0.2) is 0 Å². The van der Waals surface area contributed by atoms with Gasteiger partial charge in [-0.3, -0.25) is 0 Å². The van der Waals surface area contributed by atoms with E-state index in [-0.39, 0.29) is 0 Å². The van der Waals surface area contributed by atoms with Crippen molar-refractivity contribution in [2.24, 2.45) is 11.8 Å². The van der Waals surface area contributed by atoms with Crippen molar-refractivity contribution in [2.75, 3.05) is 7.05 Å². The van der Waals surface area contributed by atoms with Gasteiger partial charge in [0.05, 0.1) is 0 Å². The van der Waals surface area contributed by atoms with E-state index < -0.39 is 0 Å². The van der Waals surface area contributed by atoms with E-state index in [0.717, 1.165) is 0 Å². The van der Waals surface area contributed by atoms with Crippen LogP contribution in [0.4, 0.5) is 0 Å². The molecule has 0 amide bonds. The summed E-state index contributed by atoms with van der Waals surface area (Å²) in [5.74, 6) is 2.00. The van der Waals surface area contributed by atoms with Crippen molar-refractivity contribution >= 4 is 0 Å². The van der Waals surface area contributed by atoms with Gasteiger partial charge in [-0.2, -0.15) is 0 Å². The number of hydrogen-bond acceptors (Lipinski definition) is 1. The van der Waals surface area contributed by atoms with Crippen molar-refractivity contribution in [3.63, 3.8) is 0 Å². The standard InChI is InChI=1S/C17H29N/c1-7-13(4)15-8-10-16(11-9-15)17(18-6)14(5)12(2)3/h8-14,17-18H,7H2,1-6H3. The van der Waals surface area contributed by atoms with Crippen LogP contribution in [-0.4, -0.2) is 7.05 Å². The van der Waals surface area contributed by atoms with Gasteiger partial charge in [-0.15, -0.1) is 0 Å². The Morgan fingerprint density at radius 2 is 1.44 bits per heavy atom. The highest BCUT2D eigenvalue weighted by Crippen LogP contribution is 2.28. The van der Waals surface area contributed by atoms with Gasteiger partial charge in [-0.05, 0) is 42.3 Å². The van der Waals surface area contributed by atoms with Crippen LogP contribution in [0.2, 0.25) is 0 Å². The molecule has 0 aliphatic heterocycles. The maximum atomic E-state index is 3.46. The van der Waals surface area contributed by atoms with Gasteiger partial charge in [-0.25, -0.2) is 0 Å². The Morgan fingerprint density at radius 3 is 1.83 bits per heavy atom. The maximum Gasteiger partial charge on any atom is 0.0345 e. The molecule has 0 aliphatic rings. The first-order chi connectivity index (χ1) is 8.51. The molecule has 1 rings (SSSR count). The Hall–Kier alpha value is -0.820. The van der Waals surface area contributed by atoms with Crippen LogP contribution in [0.15, 0.2) is 24.3 Å². The lowest BCUT2D eigenvalue weighted by Crippen LogP contribution is -2.26. The second-order valence-electron chi connectivity index (χ2n) is 5.85. The highest BCUT2D eigenvalue weighted by Gasteiger charge is 2.20. The van der Waals surface area contributed by atoms with Crippen LogP contribution in [0.5, 0.6) is 0 Å². The second kappa shape index (κ2) is 6.94. The zero-order valence-corrected chi connectivity index (χ0v) is 12.8. The molecule has 0 saturated carbocycles. The van der Waals surface area contributed by atoms with Gasteiger partial charge >= 0.3 is 0 Å². The topological polar surface area (TPSA) is 12.0 Å². The molecule has 0 heterocycles. The third-order valence-electron chi connectivity index (χ3n) is 4.37. The lowest BCUT2D eigenvalue weighted by Gasteiger charge is -2.27. The van der Waals surface area contributed by atoms with Crippen LogP contribution in [0, 0.1) is 11.8 Å². The summed E-state index contributed by atoms with van der Waals surface area (Å²) >= 11 is 0. The Bertz CT molecular complexity index is 339. The summed E-state index contributed by atoms with van der Waals surface area (Å²) in [5.41, 5.74) is 2.86.